The van der Waals surface area contributed by atoms with Gasteiger partial charge in [-0.15, -0.1) is 0 Å². The summed E-state index contributed by atoms with van der Waals surface area (Å²) in [6, 6.07) is 0. The number of carbonyl (C=O) groups is 1. The van der Waals surface area contributed by atoms with E-state index in [-0.39, 0.29) is 5.91 Å². The van der Waals surface area contributed by atoms with Gasteiger partial charge in [0.2, 0.25) is 5.91 Å². The molecular weight excluding hydrogens is 246 g/mol. The quantitative estimate of drug-likeness (QED) is 0.327. The SMILES string of the molecule is CCCC#CC#CCCC=CC=CC(=O)NCC(C)C. The van der Waals surface area contributed by atoms with E-state index in [1.807, 2.05) is 12.2 Å². The summed E-state index contributed by atoms with van der Waals surface area (Å²) in [6.45, 7) is 6.94. The van der Waals surface area contributed by atoms with Gasteiger partial charge in [0, 0.05) is 25.5 Å². The van der Waals surface area contributed by atoms with Crippen LogP contribution in [0.25, 0.3) is 0 Å². The molecule has 0 saturated heterocycles. The normalized spacial score (nSPS) is 10.2. The second-order valence-electron chi connectivity index (χ2n) is 4.82. The van der Waals surface area contributed by atoms with Gasteiger partial charge in [-0.3, -0.25) is 4.79 Å². The van der Waals surface area contributed by atoms with Crippen LogP contribution in [0.1, 0.15) is 46.5 Å². The van der Waals surface area contributed by atoms with Crippen molar-refractivity contribution in [3.63, 3.8) is 0 Å². The van der Waals surface area contributed by atoms with Crippen molar-refractivity contribution in [2.24, 2.45) is 5.92 Å². The Morgan fingerprint density at radius 2 is 1.85 bits per heavy atom. The molecule has 108 valence electrons. The molecule has 0 saturated carbocycles. The van der Waals surface area contributed by atoms with Crippen LogP contribution in [0.2, 0.25) is 0 Å². The molecule has 0 atom stereocenters. The van der Waals surface area contributed by atoms with Gasteiger partial charge in [-0.1, -0.05) is 50.8 Å². The zero-order chi connectivity index (χ0) is 15.1. The van der Waals surface area contributed by atoms with E-state index >= 15 is 0 Å². The van der Waals surface area contributed by atoms with Gasteiger partial charge in [0.05, 0.1) is 0 Å². The number of unbranched alkanes of at least 4 members (excludes halogenated alkanes) is 2. The van der Waals surface area contributed by atoms with Crippen molar-refractivity contribution in [1.82, 2.24) is 5.32 Å². The molecule has 0 aliphatic rings. The summed E-state index contributed by atoms with van der Waals surface area (Å²) in [7, 11) is 0. The van der Waals surface area contributed by atoms with E-state index in [2.05, 4.69) is 49.8 Å². The molecule has 0 radical (unpaired) electrons. The lowest BCUT2D eigenvalue weighted by molar-refractivity contribution is -0.116. The Balaban J connectivity index is 3.71. The Morgan fingerprint density at radius 1 is 1.15 bits per heavy atom. The first-order chi connectivity index (χ1) is 9.66. The minimum atomic E-state index is -0.0469. The van der Waals surface area contributed by atoms with Crippen LogP contribution in [0.5, 0.6) is 0 Å². The van der Waals surface area contributed by atoms with Crippen LogP contribution in [0.3, 0.4) is 0 Å². The molecule has 0 rings (SSSR count). The lowest BCUT2D eigenvalue weighted by Crippen LogP contribution is -2.25. The first kappa shape index (κ1) is 18.1. The molecule has 0 aromatic heterocycles. The molecule has 2 heteroatoms. The van der Waals surface area contributed by atoms with Crippen molar-refractivity contribution in [2.45, 2.75) is 46.5 Å². The van der Waals surface area contributed by atoms with Crippen molar-refractivity contribution in [3.05, 3.63) is 24.3 Å². The van der Waals surface area contributed by atoms with Gasteiger partial charge in [0.25, 0.3) is 0 Å². The standard InChI is InChI=1S/C18H25NO/c1-4-5-6-7-8-9-10-11-12-13-14-15-18(20)19-16-17(2)3/h12-15,17H,4-5,10-11,16H2,1-3H3,(H,19,20). The Hall–Kier alpha value is -1.93. The van der Waals surface area contributed by atoms with E-state index in [1.165, 1.54) is 0 Å². The lowest BCUT2D eigenvalue weighted by atomic mass is 10.2. The molecule has 0 aromatic rings. The molecular formula is C18H25NO. The molecule has 1 N–H and O–H groups in total. The molecule has 0 bridgehead atoms. The average Bonchev–Trinajstić information content (AvgIpc) is 2.42. The Bertz CT molecular complexity index is 436. The van der Waals surface area contributed by atoms with Gasteiger partial charge >= 0.3 is 0 Å². The summed E-state index contributed by atoms with van der Waals surface area (Å²) in [4.78, 5) is 11.3. The van der Waals surface area contributed by atoms with Crippen molar-refractivity contribution in [2.75, 3.05) is 6.54 Å². The number of hydrogen-bond donors (Lipinski definition) is 1. The minimum absolute atomic E-state index is 0.0469. The number of allylic oxidation sites excluding steroid dienone is 3. The molecule has 1 amide bonds. The maximum absolute atomic E-state index is 11.3. The fraction of sp³-hybridized carbons (Fsp3) is 0.500. The molecule has 0 unspecified atom stereocenters. The van der Waals surface area contributed by atoms with Crippen LogP contribution in [-0.2, 0) is 4.79 Å². The second-order valence-corrected chi connectivity index (χ2v) is 4.82. The Labute approximate surface area is 123 Å². The third-order valence-corrected chi connectivity index (χ3v) is 2.23. The van der Waals surface area contributed by atoms with Crippen LogP contribution >= 0.6 is 0 Å². The van der Waals surface area contributed by atoms with Crippen molar-refractivity contribution < 1.29 is 4.79 Å². The van der Waals surface area contributed by atoms with Gasteiger partial charge < -0.3 is 5.32 Å². The highest BCUT2D eigenvalue weighted by Gasteiger charge is 1.95. The minimum Gasteiger partial charge on any atom is -0.352 e. The van der Waals surface area contributed by atoms with Crippen LogP contribution in [0, 0.1) is 29.6 Å². The van der Waals surface area contributed by atoms with E-state index < -0.39 is 0 Å². The van der Waals surface area contributed by atoms with E-state index in [4.69, 9.17) is 0 Å². The van der Waals surface area contributed by atoms with Crippen LogP contribution in [-0.4, -0.2) is 12.5 Å². The van der Waals surface area contributed by atoms with E-state index in [9.17, 15) is 4.79 Å². The third kappa shape index (κ3) is 14.1. The highest BCUT2D eigenvalue weighted by atomic mass is 16.1. The van der Waals surface area contributed by atoms with Crippen molar-refractivity contribution in [1.29, 1.82) is 0 Å². The summed E-state index contributed by atoms with van der Waals surface area (Å²) in [6.07, 6.45) is 10.8. The summed E-state index contributed by atoms with van der Waals surface area (Å²) in [5.41, 5.74) is 0. The van der Waals surface area contributed by atoms with E-state index in [0.717, 1.165) is 25.7 Å². The van der Waals surface area contributed by atoms with Gasteiger partial charge in [0.1, 0.15) is 0 Å². The zero-order valence-corrected chi connectivity index (χ0v) is 12.8. The predicted molar refractivity (Wildman–Crippen MR) is 85.8 cm³/mol. The average molecular weight is 271 g/mol. The van der Waals surface area contributed by atoms with Gasteiger partial charge in [-0.05, 0) is 30.6 Å². The van der Waals surface area contributed by atoms with Crippen LogP contribution < -0.4 is 5.32 Å². The molecule has 0 heterocycles. The number of carbonyl (C=O) groups excluding carboxylic acids is 1. The number of nitrogens with one attached hydrogen (secondary N) is 1. The molecule has 0 aliphatic heterocycles. The molecule has 0 spiro atoms. The Morgan fingerprint density at radius 3 is 2.50 bits per heavy atom. The van der Waals surface area contributed by atoms with Gasteiger partial charge in [-0.25, -0.2) is 0 Å². The summed E-state index contributed by atoms with van der Waals surface area (Å²) in [5.74, 6) is 12.1. The largest absolute Gasteiger partial charge is 0.352 e. The van der Waals surface area contributed by atoms with Crippen LogP contribution in [0.4, 0.5) is 0 Å². The Kier molecular flexibility index (Phi) is 12.2. The fourth-order valence-corrected chi connectivity index (χ4v) is 1.18. The summed E-state index contributed by atoms with van der Waals surface area (Å²) >= 11 is 0. The van der Waals surface area contributed by atoms with E-state index in [0.29, 0.717) is 12.5 Å². The molecule has 0 fully saturated rings. The summed E-state index contributed by atoms with van der Waals surface area (Å²) < 4.78 is 0. The predicted octanol–water partition coefficient (Wildman–Crippen LogP) is 3.46. The van der Waals surface area contributed by atoms with Crippen molar-refractivity contribution in [3.8, 4) is 23.7 Å². The van der Waals surface area contributed by atoms with Gasteiger partial charge in [0.15, 0.2) is 0 Å². The first-order valence-electron chi connectivity index (χ1n) is 7.23. The van der Waals surface area contributed by atoms with Crippen LogP contribution in [0.15, 0.2) is 24.3 Å². The number of amides is 1. The highest BCUT2D eigenvalue weighted by molar-refractivity contribution is 5.87. The highest BCUT2D eigenvalue weighted by Crippen LogP contribution is 1.90. The topological polar surface area (TPSA) is 29.1 Å². The third-order valence-electron chi connectivity index (χ3n) is 2.23. The molecule has 2 nitrogen and oxygen atoms in total. The molecule has 20 heavy (non-hydrogen) atoms. The lowest BCUT2D eigenvalue weighted by Gasteiger charge is -2.03. The smallest absolute Gasteiger partial charge is 0.243 e. The zero-order valence-electron chi connectivity index (χ0n) is 12.8. The summed E-state index contributed by atoms with van der Waals surface area (Å²) in [5, 5.41) is 2.82. The first-order valence-corrected chi connectivity index (χ1v) is 7.23. The molecule has 0 aromatic carbocycles. The number of rotatable bonds is 7. The fourth-order valence-electron chi connectivity index (χ4n) is 1.18. The molecule has 0 aliphatic carbocycles. The van der Waals surface area contributed by atoms with Crippen molar-refractivity contribution >= 4 is 5.91 Å². The maximum atomic E-state index is 11.3. The van der Waals surface area contributed by atoms with Gasteiger partial charge in [-0.2, -0.15) is 0 Å². The van der Waals surface area contributed by atoms with E-state index in [1.54, 1.807) is 12.2 Å². The monoisotopic (exact) mass is 271 g/mol. The second kappa shape index (κ2) is 13.5. The number of hydrogen-bond acceptors (Lipinski definition) is 1. The maximum Gasteiger partial charge on any atom is 0.243 e.